The van der Waals surface area contributed by atoms with Gasteiger partial charge < -0.3 is 4.90 Å². The number of fused-ring (bicyclic) bond motifs is 1. The van der Waals surface area contributed by atoms with E-state index in [1.165, 1.54) is 0 Å². The third-order valence-corrected chi connectivity index (χ3v) is 3.64. The molecule has 0 saturated carbocycles. The van der Waals surface area contributed by atoms with E-state index in [4.69, 9.17) is 16.6 Å². The first-order valence-electron chi connectivity index (χ1n) is 5.87. The molecule has 18 heavy (non-hydrogen) atoms. The smallest absolute Gasteiger partial charge is 0.147 e. The molecule has 2 aromatic rings. The van der Waals surface area contributed by atoms with Gasteiger partial charge in [-0.3, -0.25) is 0 Å². The van der Waals surface area contributed by atoms with Crippen LogP contribution in [0.2, 0.25) is 0 Å². The Morgan fingerprint density at radius 3 is 2.44 bits per heavy atom. The van der Waals surface area contributed by atoms with E-state index >= 15 is 0 Å². The van der Waals surface area contributed by atoms with Crippen molar-refractivity contribution in [2.75, 3.05) is 11.9 Å². The molecule has 0 radical (unpaired) electrons. The SMILES string of the molecule is CN1c2ccccc2N=C(c2ccccc2)C1Cl. The van der Waals surface area contributed by atoms with Crippen LogP contribution in [0.5, 0.6) is 0 Å². The van der Waals surface area contributed by atoms with E-state index in [0.717, 1.165) is 22.6 Å². The molecule has 1 atom stereocenters. The highest BCUT2D eigenvalue weighted by Gasteiger charge is 2.26. The molecule has 3 rings (SSSR count). The van der Waals surface area contributed by atoms with Crippen LogP contribution in [0.4, 0.5) is 11.4 Å². The summed E-state index contributed by atoms with van der Waals surface area (Å²) in [5.41, 5.74) is 3.77. The Balaban J connectivity index is 2.14. The molecule has 1 aliphatic heterocycles. The van der Waals surface area contributed by atoms with Gasteiger partial charge in [-0.1, -0.05) is 54.1 Å². The summed E-state index contributed by atoms with van der Waals surface area (Å²) < 4.78 is 0. The van der Waals surface area contributed by atoms with Crippen LogP contribution in [-0.4, -0.2) is 18.3 Å². The van der Waals surface area contributed by atoms with Gasteiger partial charge >= 0.3 is 0 Å². The van der Waals surface area contributed by atoms with E-state index in [1.54, 1.807) is 0 Å². The minimum atomic E-state index is -0.234. The monoisotopic (exact) mass is 256 g/mol. The number of alkyl halides is 1. The number of para-hydroxylation sites is 2. The molecular weight excluding hydrogens is 244 g/mol. The third-order valence-electron chi connectivity index (χ3n) is 3.14. The molecule has 2 nitrogen and oxygen atoms in total. The van der Waals surface area contributed by atoms with Crippen LogP contribution in [0.1, 0.15) is 5.56 Å². The molecular formula is C15H13ClN2. The van der Waals surface area contributed by atoms with Crippen LogP contribution in [0.3, 0.4) is 0 Å². The number of hydrogen-bond acceptors (Lipinski definition) is 2. The van der Waals surface area contributed by atoms with Crippen molar-refractivity contribution in [2.45, 2.75) is 5.50 Å². The molecule has 0 spiro atoms. The van der Waals surface area contributed by atoms with E-state index in [2.05, 4.69) is 0 Å². The standard InChI is InChI=1S/C15H13ClN2/c1-18-13-10-6-5-9-12(13)17-14(15(18)16)11-7-3-2-4-8-11/h2-10,15H,1H3. The van der Waals surface area contributed by atoms with Crippen molar-refractivity contribution in [3.8, 4) is 0 Å². The molecule has 0 saturated heterocycles. The molecule has 0 amide bonds. The second kappa shape index (κ2) is 4.46. The Morgan fingerprint density at radius 2 is 1.67 bits per heavy atom. The zero-order chi connectivity index (χ0) is 12.5. The summed E-state index contributed by atoms with van der Waals surface area (Å²) in [6, 6.07) is 18.1. The first kappa shape index (κ1) is 11.3. The Kier molecular flexibility index (Phi) is 2.80. The molecule has 3 heteroatoms. The summed E-state index contributed by atoms with van der Waals surface area (Å²) in [7, 11) is 1.99. The largest absolute Gasteiger partial charge is 0.352 e. The van der Waals surface area contributed by atoms with E-state index in [9.17, 15) is 0 Å². The number of likely N-dealkylation sites (N-methyl/N-ethyl adjacent to an activating group) is 1. The highest BCUT2D eigenvalue weighted by atomic mass is 35.5. The van der Waals surface area contributed by atoms with Gasteiger partial charge in [0.05, 0.1) is 17.1 Å². The summed E-state index contributed by atoms with van der Waals surface area (Å²) in [5.74, 6) is 0. The molecule has 0 N–H and O–H groups in total. The highest BCUT2D eigenvalue weighted by molar-refractivity contribution is 6.37. The number of rotatable bonds is 1. The zero-order valence-corrected chi connectivity index (χ0v) is 10.8. The number of aliphatic imine (C=N–C) groups is 1. The van der Waals surface area contributed by atoms with E-state index in [0.29, 0.717) is 0 Å². The first-order chi connectivity index (χ1) is 8.77. The molecule has 0 aromatic heterocycles. The summed E-state index contributed by atoms with van der Waals surface area (Å²) >= 11 is 6.49. The predicted molar refractivity (Wildman–Crippen MR) is 77.1 cm³/mol. The van der Waals surface area contributed by atoms with Crippen LogP contribution < -0.4 is 4.90 Å². The van der Waals surface area contributed by atoms with Gasteiger partial charge in [-0.25, -0.2) is 4.99 Å². The summed E-state index contributed by atoms with van der Waals surface area (Å²) in [6.07, 6.45) is 0. The fraction of sp³-hybridized carbons (Fsp3) is 0.133. The maximum absolute atomic E-state index is 6.49. The fourth-order valence-corrected chi connectivity index (χ4v) is 2.44. The number of hydrogen-bond donors (Lipinski definition) is 0. The number of anilines is 1. The average molecular weight is 257 g/mol. The maximum Gasteiger partial charge on any atom is 0.147 e. The first-order valence-corrected chi connectivity index (χ1v) is 6.31. The van der Waals surface area contributed by atoms with Crippen molar-refractivity contribution in [2.24, 2.45) is 4.99 Å². The van der Waals surface area contributed by atoms with Gasteiger partial charge in [0, 0.05) is 7.05 Å². The Hall–Kier alpha value is -1.80. The lowest BCUT2D eigenvalue weighted by atomic mass is 10.1. The van der Waals surface area contributed by atoms with Gasteiger partial charge in [0.15, 0.2) is 0 Å². The normalized spacial score (nSPS) is 18.2. The topological polar surface area (TPSA) is 15.6 Å². The molecule has 2 aromatic carbocycles. The van der Waals surface area contributed by atoms with Crippen molar-refractivity contribution in [3.05, 3.63) is 60.2 Å². The number of nitrogens with zero attached hydrogens (tertiary/aromatic N) is 2. The van der Waals surface area contributed by atoms with Crippen molar-refractivity contribution < 1.29 is 0 Å². The molecule has 0 fully saturated rings. The van der Waals surface area contributed by atoms with Crippen molar-refractivity contribution in [1.82, 2.24) is 0 Å². The van der Waals surface area contributed by atoms with Gasteiger partial charge in [-0.15, -0.1) is 0 Å². The minimum absolute atomic E-state index is 0.234. The quantitative estimate of drug-likeness (QED) is 0.559. The van der Waals surface area contributed by atoms with E-state index in [-0.39, 0.29) is 5.50 Å². The molecule has 1 unspecified atom stereocenters. The number of halogens is 1. The van der Waals surface area contributed by atoms with E-state index in [1.807, 2.05) is 66.5 Å². The third kappa shape index (κ3) is 1.79. The van der Waals surface area contributed by atoms with Crippen LogP contribution in [0, 0.1) is 0 Å². The van der Waals surface area contributed by atoms with Gasteiger partial charge in [0.25, 0.3) is 0 Å². The van der Waals surface area contributed by atoms with E-state index < -0.39 is 0 Å². The summed E-state index contributed by atoms with van der Waals surface area (Å²) in [4.78, 5) is 6.74. The molecule has 0 aliphatic carbocycles. The van der Waals surface area contributed by atoms with Gasteiger partial charge in [0.2, 0.25) is 0 Å². The van der Waals surface area contributed by atoms with Crippen LogP contribution >= 0.6 is 11.6 Å². The molecule has 1 aliphatic rings. The highest BCUT2D eigenvalue weighted by Crippen LogP contribution is 2.35. The fourth-order valence-electron chi connectivity index (χ4n) is 2.16. The van der Waals surface area contributed by atoms with Gasteiger partial charge in [0.1, 0.15) is 5.50 Å². The molecule has 1 heterocycles. The van der Waals surface area contributed by atoms with Gasteiger partial charge in [-0.2, -0.15) is 0 Å². The van der Waals surface area contributed by atoms with Crippen LogP contribution in [0.15, 0.2) is 59.6 Å². The van der Waals surface area contributed by atoms with Crippen LogP contribution in [-0.2, 0) is 0 Å². The summed E-state index contributed by atoms with van der Waals surface area (Å²) in [5, 5.41) is 0. The molecule has 0 bridgehead atoms. The lowest BCUT2D eigenvalue weighted by molar-refractivity contribution is 0.978. The molecule has 90 valence electrons. The number of benzene rings is 2. The lowest BCUT2D eigenvalue weighted by Gasteiger charge is -2.31. The van der Waals surface area contributed by atoms with Crippen molar-refractivity contribution >= 4 is 28.7 Å². The maximum atomic E-state index is 6.49. The van der Waals surface area contributed by atoms with Crippen LogP contribution in [0.25, 0.3) is 0 Å². The predicted octanol–water partition coefficient (Wildman–Crippen LogP) is 3.82. The zero-order valence-electron chi connectivity index (χ0n) is 10.0. The second-order valence-electron chi connectivity index (χ2n) is 4.30. The average Bonchev–Trinajstić information content (AvgIpc) is 2.44. The Labute approximate surface area is 112 Å². The Bertz CT molecular complexity index is 592. The second-order valence-corrected chi connectivity index (χ2v) is 4.71. The Morgan fingerprint density at radius 1 is 1.00 bits per heavy atom. The van der Waals surface area contributed by atoms with Crippen molar-refractivity contribution in [3.63, 3.8) is 0 Å². The summed E-state index contributed by atoms with van der Waals surface area (Å²) in [6.45, 7) is 0. The van der Waals surface area contributed by atoms with Gasteiger partial charge in [-0.05, 0) is 17.7 Å². The van der Waals surface area contributed by atoms with Crippen molar-refractivity contribution in [1.29, 1.82) is 0 Å². The lowest BCUT2D eigenvalue weighted by Crippen LogP contribution is -2.36. The minimum Gasteiger partial charge on any atom is -0.352 e.